The van der Waals surface area contributed by atoms with Crippen LogP contribution in [0.3, 0.4) is 0 Å². The lowest BCUT2D eigenvalue weighted by atomic mass is 10.3. The smallest absolute Gasteiger partial charge is 0.238 e. The van der Waals surface area contributed by atoms with E-state index in [0.29, 0.717) is 30.4 Å². The van der Waals surface area contributed by atoms with Crippen LogP contribution in [0, 0.1) is 12.7 Å². The number of hydrogen-bond donors (Lipinski definition) is 2. The van der Waals surface area contributed by atoms with Gasteiger partial charge in [-0.15, -0.1) is 0 Å². The number of nitrogens with one attached hydrogen (secondary N) is 2. The van der Waals surface area contributed by atoms with Crippen LogP contribution < -0.4 is 10.6 Å². The molecule has 0 bridgehead atoms. The quantitative estimate of drug-likeness (QED) is 0.778. The summed E-state index contributed by atoms with van der Waals surface area (Å²) in [6.07, 6.45) is 0.550. The number of aromatic nitrogens is 2. The van der Waals surface area contributed by atoms with E-state index >= 15 is 0 Å². The molecule has 20 heavy (non-hydrogen) atoms. The first-order valence-electron chi connectivity index (χ1n) is 6.19. The van der Waals surface area contributed by atoms with Crippen molar-refractivity contribution in [2.45, 2.75) is 13.3 Å². The third kappa shape index (κ3) is 4.43. The molecule has 106 valence electrons. The van der Waals surface area contributed by atoms with Crippen molar-refractivity contribution in [2.75, 3.05) is 18.4 Å². The third-order valence-electron chi connectivity index (χ3n) is 2.48. The van der Waals surface area contributed by atoms with E-state index < -0.39 is 0 Å². The molecule has 1 heterocycles. The fraction of sp³-hybridized carbons (Fsp3) is 0.308. The van der Waals surface area contributed by atoms with Crippen LogP contribution in [-0.4, -0.2) is 29.1 Å². The summed E-state index contributed by atoms with van der Waals surface area (Å²) in [5, 5.41) is 9.20. The number of halogens is 1. The maximum atomic E-state index is 12.9. The van der Waals surface area contributed by atoms with E-state index in [1.54, 1.807) is 13.0 Å². The van der Waals surface area contributed by atoms with E-state index in [4.69, 9.17) is 4.52 Å². The first-order valence-corrected chi connectivity index (χ1v) is 6.19. The van der Waals surface area contributed by atoms with Crippen LogP contribution >= 0.6 is 0 Å². The van der Waals surface area contributed by atoms with Gasteiger partial charge in [-0.25, -0.2) is 4.39 Å². The predicted octanol–water partition coefficient (Wildman–Crippen LogP) is 1.29. The van der Waals surface area contributed by atoms with Gasteiger partial charge in [-0.05, 0) is 25.1 Å². The van der Waals surface area contributed by atoms with E-state index in [2.05, 4.69) is 20.8 Å². The van der Waals surface area contributed by atoms with Crippen molar-refractivity contribution in [3.8, 4) is 0 Å². The van der Waals surface area contributed by atoms with Crippen molar-refractivity contribution in [1.29, 1.82) is 0 Å². The first-order chi connectivity index (χ1) is 9.63. The maximum Gasteiger partial charge on any atom is 0.238 e. The average molecular weight is 278 g/mol. The number of benzene rings is 1. The zero-order chi connectivity index (χ0) is 14.4. The number of rotatable bonds is 6. The summed E-state index contributed by atoms with van der Waals surface area (Å²) in [6, 6.07) is 5.75. The molecule has 0 radical (unpaired) electrons. The highest BCUT2D eigenvalue weighted by Gasteiger charge is 2.04. The lowest BCUT2D eigenvalue weighted by molar-refractivity contribution is -0.115. The van der Waals surface area contributed by atoms with E-state index in [0.717, 1.165) is 0 Å². The number of amides is 1. The summed E-state index contributed by atoms with van der Waals surface area (Å²) >= 11 is 0. The van der Waals surface area contributed by atoms with Gasteiger partial charge in [-0.1, -0.05) is 11.2 Å². The van der Waals surface area contributed by atoms with Crippen LogP contribution in [0.25, 0.3) is 0 Å². The molecule has 0 fully saturated rings. The van der Waals surface area contributed by atoms with Gasteiger partial charge >= 0.3 is 0 Å². The second-order valence-electron chi connectivity index (χ2n) is 4.22. The van der Waals surface area contributed by atoms with Gasteiger partial charge in [-0.3, -0.25) is 4.79 Å². The van der Waals surface area contributed by atoms with Crippen LogP contribution in [0.1, 0.15) is 11.7 Å². The first kappa shape index (κ1) is 14.1. The van der Waals surface area contributed by atoms with Crippen LogP contribution in [-0.2, 0) is 11.2 Å². The van der Waals surface area contributed by atoms with Gasteiger partial charge < -0.3 is 15.2 Å². The van der Waals surface area contributed by atoms with E-state index in [1.165, 1.54) is 18.2 Å². The molecule has 0 saturated carbocycles. The molecule has 7 heteroatoms. The minimum Gasteiger partial charge on any atom is -0.339 e. The molecule has 0 spiro atoms. The van der Waals surface area contributed by atoms with Crippen molar-refractivity contribution in [3.63, 3.8) is 0 Å². The fourth-order valence-corrected chi connectivity index (χ4v) is 1.61. The Morgan fingerprint density at radius 1 is 1.45 bits per heavy atom. The molecule has 1 amide bonds. The Bertz CT molecular complexity index is 585. The minimum absolute atomic E-state index is 0.129. The summed E-state index contributed by atoms with van der Waals surface area (Å²) in [5.41, 5.74) is 0.435. The van der Waals surface area contributed by atoms with Crippen LogP contribution in [0.15, 0.2) is 28.8 Å². The van der Waals surface area contributed by atoms with Crippen molar-refractivity contribution in [2.24, 2.45) is 0 Å². The monoisotopic (exact) mass is 278 g/mol. The number of nitrogens with zero attached hydrogens (tertiary/aromatic N) is 2. The second-order valence-corrected chi connectivity index (χ2v) is 4.22. The fourth-order valence-electron chi connectivity index (χ4n) is 1.61. The molecule has 0 aliphatic heterocycles. The topological polar surface area (TPSA) is 80.0 Å². The second kappa shape index (κ2) is 6.76. The number of aryl methyl sites for hydroxylation is 1. The summed E-state index contributed by atoms with van der Waals surface area (Å²) < 4.78 is 17.9. The molecule has 2 rings (SSSR count). The number of anilines is 1. The van der Waals surface area contributed by atoms with Gasteiger partial charge in [0.2, 0.25) is 11.8 Å². The van der Waals surface area contributed by atoms with Crippen molar-refractivity contribution in [1.82, 2.24) is 15.5 Å². The molecule has 1 aromatic heterocycles. The molecule has 0 saturated heterocycles. The number of hydrogen-bond acceptors (Lipinski definition) is 5. The Morgan fingerprint density at radius 3 is 3.00 bits per heavy atom. The number of carbonyl (C=O) groups is 1. The lowest BCUT2D eigenvalue weighted by Gasteiger charge is -2.05. The normalized spacial score (nSPS) is 10.5. The predicted molar refractivity (Wildman–Crippen MR) is 70.6 cm³/mol. The Morgan fingerprint density at radius 2 is 2.30 bits per heavy atom. The van der Waals surface area contributed by atoms with Crippen molar-refractivity contribution >= 4 is 11.6 Å². The molecule has 0 unspecified atom stereocenters. The molecule has 2 N–H and O–H groups in total. The zero-order valence-electron chi connectivity index (χ0n) is 11.0. The zero-order valence-corrected chi connectivity index (χ0v) is 11.0. The summed E-state index contributed by atoms with van der Waals surface area (Å²) in [5.74, 6) is 0.490. The van der Waals surface area contributed by atoms with E-state index in [-0.39, 0.29) is 18.3 Å². The maximum absolute atomic E-state index is 12.9. The van der Waals surface area contributed by atoms with Crippen LogP contribution in [0.4, 0.5) is 10.1 Å². The molecule has 0 aliphatic rings. The van der Waals surface area contributed by atoms with Gasteiger partial charge in [-0.2, -0.15) is 4.98 Å². The van der Waals surface area contributed by atoms with Gasteiger partial charge in [0.1, 0.15) is 5.82 Å². The highest BCUT2D eigenvalue weighted by molar-refractivity contribution is 5.92. The van der Waals surface area contributed by atoms with E-state index in [1.807, 2.05) is 0 Å². The van der Waals surface area contributed by atoms with Crippen LogP contribution in [0.2, 0.25) is 0 Å². The summed E-state index contributed by atoms with van der Waals surface area (Å²) in [4.78, 5) is 15.6. The number of carbonyl (C=O) groups excluding carboxylic acids is 1. The largest absolute Gasteiger partial charge is 0.339 e. The highest BCUT2D eigenvalue weighted by Crippen LogP contribution is 2.08. The van der Waals surface area contributed by atoms with Gasteiger partial charge in [0.25, 0.3) is 0 Å². The lowest BCUT2D eigenvalue weighted by Crippen LogP contribution is -2.29. The molecule has 0 atom stereocenters. The summed E-state index contributed by atoms with van der Waals surface area (Å²) in [7, 11) is 0. The van der Waals surface area contributed by atoms with E-state index in [9.17, 15) is 9.18 Å². The Hall–Kier alpha value is -2.28. The molecular weight excluding hydrogens is 263 g/mol. The average Bonchev–Trinajstić information content (AvgIpc) is 2.80. The minimum atomic E-state index is -0.387. The molecule has 1 aromatic carbocycles. The molecule has 2 aromatic rings. The molecule has 6 nitrogen and oxygen atoms in total. The van der Waals surface area contributed by atoms with Gasteiger partial charge in [0.05, 0.1) is 6.54 Å². The van der Waals surface area contributed by atoms with Crippen molar-refractivity contribution < 1.29 is 13.7 Å². The SMILES string of the molecule is Cc1noc(CCNCC(=O)Nc2cccc(F)c2)n1. The molecule has 0 aliphatic carbocycles. The summed E-state index contributed by atoms with van der Waals surface area (Å²) in [6.45, 7) is 2.41. The molecular formula is C13H15FN4O2. The Balaban J connectivity index is 1.67. The van der Waals surface area contributed by atoms with Crippen molar-refractivity contribution in [3.05, 3.63) is 41.8 Å². The third-order valence-corrected chi connectivity index (χ3v) is 2.48. The van der Waals surface area contributed by atoms with Gasteiger partial charge in [0.15, 0.2) is 5.82 Å². The van der Waals surface area contributed by atoms with Gasteiger partial charge in [0, 0.05) is 18.7 Å². The standard InChI is InChI=1S/C13H15FN4O2/c1-9-16-13(20-18-9)5-6-15-8-12(19)17-11-4-2-3-10(14)7-11/h2-4,7,15H,5-6,8H2,1H3,(H,17,19). The highest BCUT2D eigenvalue weighted by atomic mass is 19.1. The Labute approximate surface area is 115 Å². The van der Waals surface area contributed by atoms with Crippen LogP contribution in [0.5, 0.6) is 0 Å². The Kier molecular flexibility index (Phi) is 4.78.